The number of allylic oxidation sites excluding steroid dienone is 1. The van der Waals surface area contributed by atoms with Crippen LogP contribution in [-0.4, -0.2) is 6.21 Å². The highest BCUT2D eigenvalue weighted by molar-refractivity contribution is 5.83. The molecule has 0 amide bonds. The number of nitrogens with two attached hydrogens (primary N) is 1. The maximum Gasteiger partial charge on any atom is 0.135 e. The first-order valence-corrected chi connectivity index (χ1v) is 3.98. The third-order valence-corrected chi connectivity index (χ3v) is 1.46. The van der Waals surface area contributed by atoms with Gasteiger partial charge in [0.25, 0.3) is 0 Å². The molecule has 0 saturated carbocycles. The van der Waals surface area contributed by atoms with Crippen molar-refractivity contribution in [3.63, 3.8) is 0 Å². The second-order valence-electron chi connectivity index (χ2n) is 2.40. The van der Waals surface area contributed by atoms with Crippen molar-refractivity contribution in [3.8, 4) is 5.75 Å². The van der Waals surface area contributed by atoms with Crippen LogP contribution < -0.4 is 10.6 Å². The van der Waals surface area contributed by atoms with Crippen LogP contribution in [0.2, 0.25) is 0 Å². The minimum Gasteiger partial charge on any atom is -0.465 e. The standard InChI is InChI=1S/C10H12N2O/c1-2-7-13-10-6-4-3-5-9(10)8-12-11/h2-8H,11H2,1H3. The van der Waals surface area contributed by atoms with Gasteiger partial charge in [0.05, 0.1) is 12.5 Å². The van der Waals surface area contributed by atoms with Gasteiger partial charge in [-0.05, 0) is 19.1 Å². The molecule has 0 aliphatic rings. The van der Waals surface area contributed by atoms with Gasteiger partial charge in [0, 0.05) is 5.56 Å². The largest absolute Gasteiger partial charge is 0.465 e. The van der Waals surface area contributed by atoms with Crippen molar-refractivity contribution < 1.29 is 4.74 Å². The van der Waals surface area contributed by atoms with E-state index in [9.17, 15) is 0 Å². The Hall–Kier alpha value is -1.77. The fourth-order valence-corrected chi connectivity index (χ4v) is 0.916. The van der Waals surface area contributed by atoms with Crippen LogP contribution >= 0.6 is 0 Å². The predicted molar refractivity (Wildman–Crippen MR) is 53.7 cm³/mol. The molecule has 0 unspecified atom stereocenters. The summed E-state index contributed by atoms with van der Waals surface area (Å²) in [4.78, 5) is 0. The van der Waals surface area contributed by atoms with Crippen LogP contribution in [0.4, 0.5) is 0 Å². The van der Waals surface area contributed by atoms with Crippen LogP contribution in [0.15, 0.2) is 41.7 Å². The maximum absolute atomic E-state index is 5.31. The monoisotopic (exact) mass is 176 g/mol. The van der Waals surface area contributed by atoms with Gasteiger partial charge in [0.15, 0.2) is 0 Å². The highest BCUT2D eigenvalue weighted by Crippen LogP contribution is 2.15. The van der Waals surface area contributed by atoms with Crippen molar-refractivity contribution >= 4 is 6.21 Å². The van der Waals surface area contributed by atoms with E-state index in [-0.39, 0.29) is 0 Å². The molecule has 0 bridgehead atoms. The van der Waals surface area contributed by atoms with Crippen molar-refractivity contribution in [2.75, 3.05) is 0 Å². The van der Waals surface area contributed by atoms with E-state index >= 15 is 0 Å². The molecule has 1 aromatic rings. The van der Waals surface area contributed by atoms with Gasteiger partial charge in [-0.25, -0.2) is 0 Å². The number of rotatable bonds is 3. The zero-order valence-electron chi connectivity index (χ0n) is 7.47. The lowest BCUT2D eigenvalue weighted by Gasteiger charge is -2.02. The highest BCUT2D eigenvalue weighted by atomic mass is 16.5. The van der Waals surface area contributed by atoms with E-state index in [0.29, 0.717) is 0 Å². The molecule has 0 spiro atoms. The maximum atomic E-state index is 5.31. The number of nitrogens with zero attached hydrogens (tertiary/aromatic N) is 1. The molecule has 0 aliphatic carbocycles. The molecule has 3 heteroatoms. The van der Waals surface area contributed by atoms with Crippen LogP contribution in [-0.2, 0) is 0 Å². The quantitative estimate of drug-likeness (QED) is 0.331. The molecule has 68 valence electrons. The number of hydrogen-bond donors (Lipinski definition) is 1. The van der Waals surface area contributed by atoms with Crippen molar-refractivity contribution in [1.82, 2.24) is 0 Å². The van der Waals surface area contributed by atoms with Gasteiger partial charge in [0.1, 0.15) is 5.75 Å². The molecule has 0 atom stereocenters. The molecule has 1 aromatic carbocycles. The summed E-state index contributed by atoms with van der Waals surface area (Å²) in [6.07, 6.45) is 4.98. The number of benzene rings is 1. The fourth-order valence-electron chi connectivity index (χ4n) is 0.916. The first-order chi connectivity index (χ1) is 6.38. The van der Waals surface area contributed by atoms with Gasteiger partial charge in [-0.1, -0.05) is 18.2 Å². The van der Waals surface area contributed by atoms with E-state index in [2.05, 4.69) is 5.10 Å². The minimum atomic E-state index is 0.745. The van der Waals surface area contributed by atoms with Gasteiger partial charge in [-0.3, -0.25) is 0 Å². The summed E-state index contributed by atoms with van der Waals surface area (Å²) in [6.45, 7) is 1.89. The molecule has 0 saturated heterocycles. The Morgan fingerprint density at radius 1 is 1.38 bits per heavy atom. The highest BCUT2D eigenvalue weighted by Gasteiger charge is 1.97. The Kier molecular flexibility index (Phi) is 3.57. The van der Waals surface area contributed by atoms with Crippen LogP contribution in [0, 0.1) is 0 Å². The number of para-hydroxylation sites is 1. The Balaban J connectivity index is 2.90. The topological polar surface area (TPSA) is 47.6 Å². The van der Waals surface area contributed by atoms with E-state index in [1.807, 2.05) is 37.3 Å². The summed E-state index contributed by atoms with van der Waals surface area (Å²) in [6, 6.07) is 7.54. The molecular formula is C10H12N2O. The Morgan fingerprint density at radius 3 is 2.85 bits per heavy atom. The van der Waals surface area contributed by atoms with E-state index in [0.717, 1.165) is 11.3 Å². The first-order valence-electron chi connectivity index (χ1n) is 3.98. The molecule has 0 aromatic heterocycles. The van der Waals surface area contributed by atoms with E-state index in [1.54, 1.807) is 12.5 Å². The average molecular weight is 176 g/mol. The molecule has 1 rings (SSSR count). The van der Waals surface area contributed by atoms with Crippen molar-refractivity contribution in [1.29, 1.82) is 0 Å². The van der Waals surface area contributed by atoms with Crippen LogP contribution in [0.1, 0.15) is 12.5 Å². The number of hydrogen-bond acceptors (Lipinski definition) is 3. The average Bonchev–Trinajstić information content (AvgIpc) is 2.17. The lowest BCUT2D eigenvalue weighted by molar-refractivity contribution is 0.479. The number of ether oxygens (including phenoxy) is 1. The Bertz CT molecular complexity index is 318. The summed E-state index contributed by atoms with van der Waals surface area (Å²) in [5.41, 5.74) is 0.864. The molecule has 2 N–H and O–H groups in total. The summed E-state index contributed by atoms with van der Waals surface area (Å²) in [5.74, 6) is 5.80. The molecule has 0 aliphatic heterocycles. The summed E-state index contributed by atoms with van der Waals surface area (Å²) < 4.78 is 5.31. The lowest BCUT2D eigenvalue weighted by atomic mass is 10.2. The van der Waals surface area contributed by atoms with Gasteiger partial charge in [-0.15, -0.1) is 0 Å². The third-order valence-electron chi connectivity index (χ3n) is 1.46. The van der Waals surface area contributed by atoms with Crippen molar-refractivity contribution in [2.45, 2.75) is 6.92 Å². The van der Waals surface area contributed by atoms with Crippen molar-refractivity contribution in [2.24, 2.45) is 10.9 Å². The zero-order chi connectivity index (χ0) is 9.52. The SMILES string of the molecule is CC=COc1ccccc1C=NN. The van der Waals surface area contributed by atoms with E-state index in [1.165, 1.54) is 0 Å². The zero-order valence-corrected chi connectivity index (χ0v) is 7.47. The summed E-state index contributed by atoms with van der Waals surface area (Å²) in [5, 5.41) is 3.45. The fraction of sp³-hybridized carbons (Fsp3) is 0.100. The van der Waals surface area contributed by atoms with Gasteiger partial charge in [0.2, 0.25) is 0 Å². The van der Waals surface area contributed by atoms with Crippen LogP contribution in [0.25, 0.3) is 0 Å². The van der Waals surface area contributed by atoms with Gasteiger partial charge >= 0.3 is 0 Å². The second kappa shape index (κ2) is 4.98. The molecule has 0 radical (unpaired) electrons. The molecular weight excluding hydrogens is 164 g/mol. The predicted octanol–water partition coefficient (Wildman–Crippen LogP) is 1.89. The molecule has 0 heterocycles. The summed E-state index contributed by atoms with van der Waals surface area (Å²) in [7, 11) is 0. The Labute approximate surface area is 77.5 Å². The smallest absolute Gasteiger partial charge is 0.135 e. The number of hydrazone groups is 1. The molecule has 13 heavy (non-hydrogen) atoms. The molecule has 0 fully saturated rings. The van der Waals surface area contributed by atoms with E-state index < -0.39 is 0 Å². The third kappa shape index (κ3) is 2.63. The van der Waals surface area contributed by atoms with Gasteiger partial charge < -0.3 is 10.6 Å². The first kappa shape index (κ1) is 9.32. The van der Waals surface area contributed by atoms with Crippen LogP contribution in [0.5, 0.6) is 5.75 Å². The Morgan fingerprint density at radius 2 is 2.15 bits per heavy atom. The van der Waals surface area contributed by atoms with E-state index in [4.69, 9.17) is 10.6 Å². The lowest BCUT2D eigenvalue weighted by Crippen LogP contribution is -1.91. The van der Waals surface area contributed by atoms with Gasteiger partial charge in [-0.2, -0.15) is 5.10 Å². The van der Waals surface area contributed by atoms with Crippen LogP contribution in [0.3, 0.4) is 0 Å². The summed E-state index contributed by atoms with van der Waals surface area (Å²) >= 11 is 0. The second-order valence-corrected chi connectivity index (χ2v) is 2.40. The molecule has 3 nitrogen and oxygen atoms in total. The van der Waals surface area contributed by atoms with Crippen molar-refractivity contribution in [3.05, 3.63) is 42.2 Å². The minimum absolute atomic E-state index is 0.745. The normalized spacial score (nSPS) is 11.2.